The highest BCUT2D eigenvalue weighted by Crippen LogP contribution is 2.17. The van der Waals surface area contributed by atoms with E-state index in [1.165, 1.54) is 32.1 Å². The Hall–Kier alpha value is 0.657. The molecule has 0 aliphatic carbocycles. The SMILES string of the molecule is CCCCC(CCCBr)O[Si](C)(C)C. The van der Waals surface area contributed by atoms with Crippen LogP contribution in [0.4, 0.5) is 0 Å². The standard InChI is InChI=1S/C11H25BrOSi/c1-5-6-8-11(9-7-10-12)13-14(2,3)4/h11H,5-10H2,1-4H3. The van der Waals surface area contributed by atoms with E-state index in [-0.39, 0.29) is 0 Å². The van der Waals surface area contributed by atoms with Crippen molar-refractivity contribution in [2.75, 3.05) is 5.33 Å². The molecule has 0 saturated heterocycles. The molecule has 86 valence electrons. The quantitative estimate of drug-likeness (QED) is 0.467. The van der Waals surface area contributed by atoms with Crippen LogP contribution >= 0.6 is 15.9 Å². The lowest BCUT2D eigenvalue weighted by Gasteiger charge is -2.26. The highest BCUT2D eigenvalue weighted by molar-refractivity contribution is 9.09. The highest BCUT2D eigenvalue weighted by atomic mass is 79.9. The van der Waals surface area contributed by atoms with Gasteiger partial charge in [0.2, 0.25) is 0 Å². The molecule has 0 rings (SSSR count). The molecule has 0 amide bonds. The lowest BCUT2D eigenvalue weighted by molar-refractivity contribution is 0.170. The van der Waals surface area contributed by atoms with Gasteiger partial charge in [0.1, 0.15) is 0 Å². The zero-order chi connectivity index (χ0) is 11.0. The summed E-state index contributed by atoms with van der Waals surface area (Å²) in [6, 6.07) is 0. The van der Waals surface area contributed by atoms with Crippen LogP contribution in [-0.4, -0.2) is 19.8 Å². The van der Waals surface area contributed by atoms with E-state index < -0.39 is 8.32 Å². The number of unbranched alkanes of at least 4 members (excludes halogenated alkanes) is 1. The van der Waals surface area contributed by atoms with Gasteiger partial charge in [-0.05, 0) is 38.9 Å². The Morgan fingerprint density at radius 2 is 1.71 bits per heavy atom. The maximum Gasteiger partial charge on any atom is 0.184 e. The molecular weight excluding hydrogens is 256 g/mol. The molecule has 0 aromatic rings. The normalized spacial score (nSPS) is 14.4. The molecule has 0 fully saturated rings. The molecule has 0 spiro atoms. The Bertz CT molecular complexity index is 126. The van der Waals surface area contributed by atoms with Gasteiger partial charge in [-0.2, -0.15) is 0 Å². The molecule has 1 unspecified atom stereocenters. The predicted molar refractivity (Wildman–Crippen MR) is 70.8 cm³/mol. The number of alkyl halides is 1. The molecule has 0 heterocycles. The summed E-state index contributed by atoms with van der Waals surface area (Å²) in [7, 11) is -1.34. The van der Waals surface area contributed by atoms with Crippen LogP contribution in [0, 0.1) is 0 Å². The topological polar surface area (TPSA) is 9.23 Å². The Labute approximate surface area is 98.9 Å². The van der Waals surface area contributed by atoms with E-state index in [4.69, 9.17) is 4.43 Å². The number of hydrogen-bond acceptors (Lipinski definition) is 1. The monoisotopic (exact) mass is 280 g/mol. The van der Waals surface area contributed by atoms with E-state index in [1.54, 1.807) is 0 Å². The van der Waals surface area contributed by atoms with E-state index in [0.717, 1.165) is 5.33 Å². The van der Waals surface area contributed by atoms with Crippen molar-refractivity contribution in [3.8, 4) is 0 Å². The van der Waals surface area contributed by atoms with Crippen molar-refractivity contribution in [1.29, 1.82) is 0 Å². The van der Waals surface area contributed by atoms with Gasteiger partial charge < -0.3 is 4.43 Å². The minimum Gasteiger partial charge on any atom is -0.415 e. The summed E-state index contributed by atoms with van der Waals surface area (Å²) in [6.45, 7) is 9.08. The molecule has 0 aromatic carbocycles. The van der Waals surface area contributed by atoms with Gasteiger partial charge in [-0.1, -0.05) is 35.7 Å². The van der Waals surface area contributed by atoms with Crippen LogP contribution in [0.15, 0.2) is 0 Å². The van der Waals surface area contributed by atoms with Gasteiger partial charge >= 0.3 is 0 Å². The first-order valence-corrected chi connectivity index (χ1v) is 10.3. The van der Waals surface area contributed by atoms with Crippen molar-refractivity contribution >= 4 is 24.2 Å². The Morgan fingerprint density at radius 3 is 2.14 bits per heavy atom. The first-order valence-electron chi connectivity index (χ1n) is 5.73. The lowest BCUT2D eigenvalue weighted by Crippen LogP contribution is -2.32. The molecule has 0 bridgehead atoms. The molecule has 0 aromatic heterocycles. The second kappa shape index (κ2) is 7.89. The second-order valence-corrected chi connectivity index (χ2v) is 10.1. The Morgan fingerprint density at radius 1 is 1.14 bits per heavy atom. The molecule has 3 heteroatoms. The molecule has 0 saturated carbocycles. The van der Waals surface area contributed by atoms with Gasteiger partial charge in [-0.25, -0.2) is 0 Å². The fourth-order valence-electron chi connectivity index (χ4n) is 1.50. The van der Waals surface area contributed by atoms with Crippen LogP contribution in [0.1, 0.15) is 39.0 Å². The molecule has 0 aliphatic heterocycles. The summed E-state index contributed by atoms with van der Waals surface area (Å²) in [6.07, 6.45) is 6.79. The number of hydrogen-bond donors (Lipinski definition) is 0. The largest absolute Gasteiger partial charge is 0.415 e. The van der Waals surface area contributed by atoms with E-state index in [2.05, 4.69) is 42.5 Å². The smallest absolute Gasteiger partial charge is 0.184 e. The van der Waals surface area contributed by atoms with Crippen LogP contribution in [0.2, 0.25) is 19.6 Å². The molecular formula is C11H25BrOSi. The molecule has 0 aliphatic rings. The summed E-state index contributed by atoms with van der Waals surface area (Å²) < 4.78 is 6.16. The average molecular weight is 281 g/mol. The zero-order valence-corrected chi connectivity index (χ0v) is 12.7. The number of halogens is 1. The van der Waals surface area contributed by atoms with Crippen molar-refractivity contribution in [2.24, 2.45) is 0 Å². The number of rotatable bonds is 8. The van der Waals surface area contributed by atoms with E-state index in [9.17, 15) is 0 Å². The van der Waals surface area contributed by atoms with Crippen LogP contribution in [-0.2, 0) is 4.43 Å². The van der Waals surface area contributed by atoms with Crippen molar-refractivity contribution in [2.45, 2.75) is 64.8 Å². The molecule has 0 radical (unpaired) electrons. The van der Waals surface area contributed by atoms with E-state index >= 15 is 0 Å². The van der Waals surface area contributed by atoms with E-state index in [0.29, 0.717) is 6.10 Å². The van der Waals surface area contributed by atoms with Gasteiger partial charge in [0.15, 0.2) is 8.32 Å². The molecule has 1 atom stereocenters. The zero-order valence-electron chi connectivity index (χ0n) is 10.1. The summed E-state index contributed by atoms with van der Waals surface area (Å²) in [5, 5.41) is 1.10. The van der Waals surface area contributed by atoms with Crippen molar-refractivity contribution in [3.63, 3.8) is 0 Å². The summed E-state index contributed by atoms with van der Waals surface area (Å²) in [5.74, 6) is 0. The van der Waals surface area contributed by atoms with Crippen LogP contribution in [0.25, 0.3) is 0 Å². The Balaban J connectivity index is 3.84. The average Bonchev–Trinajstić information content (AvgIpc) is 2.07. The fraction of sp³-hybridized carbons (Fsp3) is 1.00. The van der Waals surface area contributed by atoms with Crippen LogP contribution in [0.5, 0.6) is 0 Å². The lowest BCUT2D eigenvalue weighted by atomic mass is 10.1. The predicted octanol–water partition coefficient (Wildman–Crippen LogP) is 4.57. The van der Waals surface area contributed by atoms with Gasteiger partial charge in [-0.3, -0.25) is 0 Å². The first-order chi connectivity index (χ1) is 6.49. The summed E-state index contributed by atoms with van der Waals surface area (Å²) in [5.41, 5.74) is 0. The van der Waals surface area contributed by atoms with Gasteiger partial charge in [0.25, 0.3) is 0 Å². The first kappa shape index (κ1) is 14.7. The van der Waals surface area contributed by atoms with Crippen LogP contribution in [0.3, 0.4) is 0 Å². The minimum absolute atomic E-state index is 0.513. The van der Waals surface area contributed by atoms with Gasteiger partial charge in [0, 0.05) is 11.4 Å². The van der Waals surface area contributed by atoms with Crippen molar-refractivity contribution < 1.29 is 4.43 Å². The minimum atomic E-state index is -1.34. The van der Waals surface area contributed by atoms with Crippen LogP contribution < -0.4 is 0 Å². The second-order valence-electron chi connectivity index (χ2n) is 4.83. The summed E-state index contributed by atoms with van der Waals surface area (Å²) in [4.78, 5) is 0. The Kier molecular flexibility index (Phi) is 8.26. The summed E-state index contributed by atoms with van der Waals surface area (Å²) >= 11 is 3.48. The third kappa shape index (κ3) is 9.22. The third-order valence-corrected chi connectivity index (χ3v) is 3.66. The van der Waals surface area contributed by atoms with Crippen molar-refractivity contribution in [3.05, 3.63) is 0 Å². The highest BCUT2D eigenvalue weighted by Gasteiger charge is 2.20. The fourth-order valence-corrected chi connectivity index (χ4v) is 3.06. The molecule has 1 nitrogen and oxygen atoms in total. The van der Waals surface area contributed by atoms with Crippen molar-refractivity contribution in [1.82, 2.24) is 0 Å². The van der Waals surface area contributed by atoms with Gasteiger partial charge in [-0.15, -0.1) is 0 Å². The maximum absolute atomic E-state index is 6.16. The molecule has 14 heavy (non-hydrogen) atoms. The van der Waals surface area contributed by atoms with Gasteiger partial charge in [0.05, 0.1) is 0 Å². The molecule has 0 N–H and O–H groups in total. The maximum atomic E-state index is 6.16. The van der Waals surface area contributed by atoms with E-state index in [1.807, 2.05) is 0 Å². The third-order valence-electron chi connectivity index (χ3n) is 2.06.